The number of rotatable bonds is 67. The maximum Gasteiger partial charge on any atom is 0.361 e. The molecule has 0 aromatic rings. The lowest BCUT2D eigenvalue weighted by Gasteiger charge is -2.25. The molecule has 0 aromatic carbocycles. The number of hydrogen-bond acceptors (Lipinski definition) is 7. The molecule has 0 heterocycles. The Morgan fingerprint density at radius 3 is 0.808 bits per heavy atom. The summed E-state index contributed by atoms with van der Waals surface area (Å²) in [5, 5.41) is 9.77. The number of aliphatic carboxylic acids is 1. The zero-order chi connectivity index (χ0) is 71.8. The normalized spacial score (nSPS) is 14.1. The van der Waals surface area contributed by atoms with Gasteiger partial charge in [0.25, 0.3) is 6.29 Å². The number of unbranched alkanes of at least 4 members (excludes halogenated alkanes) is 12. The molecule has 1 N–H and O–H groups in total. The molecule has 0 fully saturated rings. The van der Waals surface area contributed by atoms with Crippen LogP contribution in [-0.2, 0) is 33.3 Å². The van der Waals surface area contributed by atoms with Crippen molar-refractivity contribution in [3.63, 3.8) is 0 Å². The molecule has 0 amide bonds. The van der Waals surface area contributed by atoms with Gasteiger partial charge in [0.2, 0.25) is 0 Å². The van der Waals surface area contributed by atoms with Gasteiger partial charge in [-0.1, -0.05) is 308 Å². The van der Waals surface area contributed by atoms with Crippen LogP contribution in [0, 0.1) is 0 Å². The average molecular weight is 1360 g/mol. The maximum atomic E-state index is 13.0. The second-order valence-electron chi connectivity index (χ2n) is 25.5. The second-order valence-corrected chi connectivity index (χ2v) is 25.5. The van der Waals surface area contributed by atoms with Crippen LogP contribution in [0.1, 0.15) is 245 Å². The first-order chi connectivity index (χ1) is 48.6. The van der Waals surface area contributed by atoms with E-state index >= 15 is 0 Å². The highest BCUT2D eigenvalue weighted by Gasteiger charge is 2.25. The Labute approximate surface area is 605 Å². The summed E-state index contributed by atoms with van der Waals surface area (Å²) < 4.78 is 22.9. The lowest BCUT2D eigenvalue weighted by molar-refractivity contribution is -0.870. The molecule has 0 bridgehead atoms. The van der Waals surface area contributed by atoms with Gasteiger partial charge < -0.3 is 28.5 Å². The van der Waals surface area contributed by atoms with Gasteiger partial charge in [-0.25, -0.2) is 4.79 Å². The molecule has 0 aliphatic heterocycles. The molecule has 0 radical (unpaired) electrons. The van der Waals surface area contributed by atoms with E-state index in [0.29, 0.717) is 23.9 Å². The van der Waals surface area contributed by atoms with E-state index in [-0.39, 0.29) is 38.6 Å². The SMILES string of the molecule is CC/C=C\C/C=C\C/C=C\C/C=C\C/C=C\C/C=C\C/C=C\C/C=C\C/C=C\C/C=C\C/C=C\CCCCCCCCCC(=O)OC(COC(=O)CCCCCCC/C=C\C/C=C\C/C=C\C/C=C\C/C=C\C/C=C\C/C=C\C/C=C\C/C=C\CC)COC(OCC[N+](C)(C)C)C(=O)O. The van der Waals surface area contributed by atoms with Crippen molar-refractivity contribution in [1.82, 2.24) is 0 Å². The fourth-order valence-electron chi connectivity index (χ4n) is 9.36. The molecule has 0 aromatic heterocycles. The predicted octanol–water partition coefficient (Wildman–Crippen LogP) is 24.8. The Morgan fingerprint density at radius 1 is 0.303 bits per heavy atom. The number of ether oxygens (including phenoxy) is 4. The first-order valence-corrected chi connectivity index (χ1v) is 38.2. The molecule has 0 aliphatic rings. The number of allylic oxidation sites excluding steroid dienone is 40. The fourth-order valence-corrected chi connectivity index (χ4v) is 9.36. The van der Waals surface area contributed by atoms with E-state index in [2.05, 4.69) is 257 Å². The standard InChI is InChI=1S/C90H137NO8/c1-6-8-10-12-14-16-18-20-22-24-26-28-30-32-34-36-38-40-41-42-43-44-45-46-47-49-51-53-55-57-59-61-63-65-67-69-71-73-75-77-79-81-88(93)99-86(85-98-90(89(94)95)96-83-82-91(3,4)5)84-97-87(92)80-78-76-74-72-70-68-66-64-62-60-58-56-54-52-50-48-39-37-35-33-31-29-27-25-23-21-19-17-15-13-11-9-7-2/h8-11,14-17,20-23,26-29,32-35,38-40,42-43,45-46,48-49,51-52,54-55,57-58,60-61,63-64,66,86,90H,6-7,12-13,18-19,24-25,30-31,36-37,41,44,47,50,53,56,59,62,65,67-85H2,1-5H3/p+1/b10-8-,11-9-,16-14-,17-15-,22-20-,23-21-,28-26-,29-27-,34-32-,35-33-,40-38-,43-42-,46-45-,48-39-,51-49-,54-52-,57-55-,60-58-,63-61-,66-64-. The van der Waals surface area contributed by atoms with E-state index in [9.17, 15) is 19.5 Å². The highest BCUT2D eigenvalue weighted by molar-refractivity contribution is 5.71. The quantitative estimate of drug-likeness (QED) is 0.0211. The summed E-state index contributed by atoms with van der Waals surface area (Å²) in [5.74, 6) is -2.08. The fraction of sp³-hybridized carbons (Fsp3) is 0.522. The van der Waals surface area contributed by atoms with Gasteiger partial charge in [0.1, 0.15) is 13.2 Å². The highest BCUT2D eigenvalue weighted by Crippen LogP contribution is 2.14. The van der Waals surface area contributed by atoms with Crippen LogP contribution in [0.15, 0.2) is 243 Å². The highest BCUT2D eigenvalue weighted by atomic mass is 16.7. The molecular weight excluding hydrogens is 1220 g/mol. The molecule has 2 unspecified atom stereocenters. The largest absolute Gasteiger partial charge is 0.477 e. The molecule has 550 valence electrons. The molecule has 0 saturated carbocycles. The van der Waals surface area contributed by atoms with Gasteiger partial charge in [0.05, 0.1) is 34.4 Å². The number of quaternary nitrogens is 1. The maximum absolute atomic E-state index is 13.0. The van der Waals surface area contributed by atoms with Crippen molar-refractivity contribution in [1.29, 1.82) is 0 Å². The lowest BCUT2D eigenvalue weighted by Crippen LogP contribution is -2.40. The van der Waals surface area contributed by atoms with Gasteiger partial charge in [0, 0.05) is 12.8 Å². The summed E-state index contributed by atoms with van der Waals surface area (Å²) in [6, 6.07) is 0. The van der Waals surface area contributed by atoms with Crippen LogP contribution >= 0.6 is 0 Å². The van der Waals surface area contributed by atoms with Crippen molar-refractivity contribution >= 4 is 17.9 Å². The second kappa shape index (κ2) is 76.8. The average Bonchev–Trinajstić information content (AvgIpc) is 2.62. The van der Waals surface area contributed by atoms with E-state index in [4.69, 9.17) is 18.9 Å². The summed E-state index contributed by atoms with van der Waals surface area (Å²) in [5.41, 5.74) is 0. The third-order valence-electron chi connectivity index (χ3n) is 15.1. The lowest BCUT2D eigenvalue weighted by atomic mass is 10.1. The van der Waals surface area contributed by atoms with Crippen LogP contribution in [0.5, 0.6) is 0 Å². The Bertz CT molecular complexity index is 2540. The smallest absolute Gasteiger partial charge is 0.361 e. The van der Waals surface area contributed by atoms with Gasteiger partial charge in [-0.05, 0) is 167 Å². The minimum atomic E-state index is -1.54. The number of likely N-dealkylation sites (N-methyl/N-ethyl adjacent to an activating group) is 1. The van der Waals surface area contributed by atoms with E-state index in [0.717, 1.165) is 193 Å². The summed E-state index contributed by atoms with van der Waals surface area (Å²) in [6.45, 7) is 4.58. The van der Waals surface area contributed by atoms with Gasteiger partial charge in [-0.3, -0.25) is 9.59 Å². The number of carboxylic acid groups (broad SMARTS) is 1. The van der Waals surface area contributed by atoms with Gasteiger partial charge in [0.15, 0.2) is 6.10 Å². The third-order valence-corrected chi connectivity index (χ3v) is 15.1. The Balaban J connectivity index is 4.26. The monoisotopic (exact) mass is 1360 g/mol. The topological polar surface area (TPSA) is 108 Å². The molecule has 0 aliphatic carbocycles. The third kappa shape index (κ3) is 78.3. The van der Waals surface area contributed by atoms with Crippen LogP contribution in [0.25, 0.3) is 0 Å². The van der Waals surface area contributed by atoms with E-state index in [1.165, 1.54) is 12.8 Å². The van der Waals surface area contributed by atoms with Crippen molar-refractivity contribution in [2.24, 2.45) is 0 Å². The number of hydrogen-bond donors (Lipinski definition) is 1. The van der Waals surface area contributed by atoms with E-state index in [1.807, 2.05) is 21.1 Å². The van der Waals surface area contributed by atoms with Crippen molar-refractivity contribution in [2.75, 3.05) is 47.5 Å². The van der Waals surface area contributed by atoms with Crippen molar-refractivity contribution in [2.45, 2.75) is 257 Å². The van der Waals surface area contributed by atoms with Gasteiger partial charge >= 0.3 is 17.9 Å². The number of esters is 2. The first-order valence-electron chi connectivity index (χ1n) is 38.2. The molecular formula is C90H138NO8+. The minimum Gasteiger partial charge on any atom is -0.477 e. The molecule has 0 spiro atoms. The number of carbonyl (C=O) groups is 3. The predicted molar refractivity (Wildman–Crippen MR) is 427 cm³/mol. The van der Waals surface area contributed by atoms with Crippen LogP contribution < -0.4 is 0 Å². The van der Waals surface area contributed by atoms with Crippen molar-refractivity contribution < 1.29 is 42.9 Å². The molecule has 9 nitrogen and oxygen atoms in total. The Morgan fingerprint density at radius 2 is 0.545 bits per heavy atom. The zero-order valence-corrected chi connectivity index (χ0v) is 62.8. The summed E-state index contributed by atoms with van der Waals surface area (Å²) in [6.07, 6.45) is 121. The number of carbonyl (C=O) groups excluding carboxylic acids is 2. The van der Waals surface area contributed by atoms with Crippen LogP contribution in [0.2, 0.25) is 0 Å². The minimum absolute atomic E-state index is 0.168. The first kappa shape index (κ1) is 92.1. The van der Waals surface area contributed by atoms with Crippen LogP contribution in [-0.4, -0.2) is 87.4 Å². The molecule has 99 heavy (non-hydrogen) atoms. The van der Waals surface area contributed by atoms with E-state index in [1.54, 1.807) is 0 Å². The van der Waals surface area contributed by atoms with Gasteiger partial charge in [-0.15, -0.1) is 0 Å². The van der Waals surface area contributed by atoms with Crippen molar-refractivity contribution in [3.05, 3.63) is 243 Å². The van der Waals surface area contributed by atoms with E-state index < -0.39 is 24.3 Å². The summed E-state index contributed by atoms with van der Waals surface area (Å²) in [4.78, 5) is 37.7. The van der Waals surface area contributed by atoms with Gasteiger partial charge in [-0.2, -0.15) is 0 Å². The van der Waals surface area contributed by atoms with Crippen LogP contribution in [0.3, 0.4) is 0 Å². The summed E-state index contributed by atoms with van der Waals surface area (Å²) >= 11 is 0. The zero-order valence-electron chi connectivity index (χ0n) is 62.8. The Kier molecular flexibility index (Phi) is 71.5. The van der Waals surface area contributed by atoms with Crippen LogP contribution in [0.4, 0.5) is 0 Å². The van der Waals surface area contributed by atoms with Crippen molar-refractivity contribution in [3.8, 4) is 0 Å². The summed E-state index contributed by atoms with van der Waals surface area (Å²) in [7, 11) is 5.95. The molecule has 9 heteroatoms. The molecule has 2 atom stereocenters. The number of carboxylic acids is 1. The Hall–Kier alpha value is -6.91. The molecule has 0 rings (SSSR count). The molecule has 0 saturated heterocycles. The number of nitrogens with zero attached hydrogens (tertiary/aromatic N) is 1.